The number of Topliss-reactive ketones (excluding diaryl/α,β-unsaturated/α-hetero) is 1. The Hall–Kier alpha value is -1.81. The Labute approximate surface area is 116 Å². The zero-order valence-corrected chi connectivity index (χ0v) is 12.4. The first-order valence-electron chi connectivity index (χ1n) is 5.06. The van der Waals surface area contributed by atoms with Crippen LogP contribution in [0.2, 0.25) is 0 Å². The van der Waals surface area contributed by atoms with Crippen LogP contribution in [0.5, 0.6) is 17.2 Å². The van der Waals surface area contributed by atoms with Crippen LogP contribution in [0, 0.1) is 0 Å². The Balaban J connectivity index is 3.53. The Bertz CT molecular complexity index is 746. The molecule has 20 heavy (non-hydrogen) atoms. The van der Waals surface area contributed by atoms with Gasteiger partial charge in [-0.2, -0.15) is 16.8 Å². The summed E-state index contributed by atoms with van der Waals surface area (Å²) in [6, 6.07) is 2.10. The van der Waals surface area contributed by atoms with E-state index in [2.05, 4.69) is 8.37 Å². The second-order valence-corrected chi connectivity index (χ2v) is 7.07. The minimum absolute atomic E-state index is 0.232. The molecule has 0 amide bonds. The highest BCUT2D eigenvalue weighted by Crippen LogP contribution is 2.40. The number of hydrogen-bond acceptors (Lipinski definition) is 8. The van der Waals surface area contributed by atoms with E-state index in [0.717, 1.165) is 25.3 Å². The summed E-state index contributed by atoms with van der Waals surface area (Å²) in [6.07, 6.45) is 1.42. The van der Waals surface area contributed by atoms with E-state index < -0.39 is 43.3 Å². The molecule has 0 saturated carbocycles. The quantitative estimate of drug-likeness (QED) is 0.604. The van der Waals surface area contributed by atoms with Crippen LogP contribution in [0.4, 0.5) is 0 Å². The van der Waals surface area contributed by atoms with Gasteiger partial charge in [0.05, 0.1) is 18.1 Å². The van der Waals surface area contributed by atoms with Gasteiger partial charge in [-0.3, -0.25) is 4.79 Å². The molecule has 0 aromatic heterocycles. The van der Waals surface area contributed by atoms with Gasteiger partial charge in [-0.15, -0.1) is 0 Å². The molecule has 112 valence electrons. The van der Waals surface area contributed by atoms with E-state index in [-0.39, 0.29) is 5.56 Å². The minimum atomic E-state index is -4.07. The van der Waals surface area contributed by atoms with Crippen molar-refractivity contribution in [3.8, 4) is 17.2 Å². The van der Waals surface area contributed by atoms with Crippen molar-refractivity contribution in [2.75, 3.05) is 12.5 Å². The molecule has 0 fully saturated rings. The molecular weight excluding hydrogens is 312 g/mol. The zero-order valence-electron chi connectivity index (χ0n) is 10.8. The lowest BCUT2D eigenvalue weighted by molar-refractivity contribution is 0.101. The van der Waals surface area contributed by atoms with Gasteiger partial charge in [0.25, 0.3) is 0 Å². The number of phenolic OH excluding ortho intramolecular Hbond substituents is 1. The van der Waals surface area contributed by atoms with Crippen LogP contribution in [0.3, 0.4) is 0 Å². The molecule has 0 radical (unpaired) electrons. The number of phenols is 1. The lowest BCUT2D eigenvalue weighted by atomic mass is 10.1. The number of aromatic hydroxyl groups is 1. The summed E-state index contributed by atoms with van der Waals surface area (Å²) in [6.45, 7) is 1.14. The molecule has 0 unspecified atom stereocenters. The lowest BCUT2D eigenvalue weighted by Gasteiger charge is -2.12. The number of carbonyl (C=O) groups excluding carboxylic acids is 1. The Morgan fingerprint density at radius 3 is 1.95 bits per heavy atom. The largest absolute Gasteiger partial charge is 0.504 e. The predicted molar refractivity (Wildman–Crippen MR) is 69.1 cm³/mol. The van der Waals surface area contributed by atoms with Crippen molar-refractivity contribution in [3.63, 3.8) is 0 Å². The van der Waals surface area contributed by atoms with Crippen molar-refractivity contribution in [2.45, 2.75) is 6.92 Å². The topological polar surface area (TPSA) is 124 Å². The number of hydrogen-bond donors (Lipinski definition) is 1. The summed E-state index contributed by atoms with van der Waals surface area (Å²) in [4.78, 5) is 11.3. The standard InChI is InChI=1S/C10H12O8S2/c1-6(11)7-4-5-8(17-19(2,13)14)10(9(7)12)18-20(3,15)16/h4-5,12H,1-3H3. The fraction of sp³-hybridized carbons (Fsp3) is 0.300. The van der Waals surface area contributed by atoms with E-state index in [1.54, 1.807) is 0 Å². The van der Waals surface area contributed by atoms with Gasteiger partial charge < -0.3 is 13.5 Å². The van der Waals surface area contributed by atoms with Gasteiger partial charge in [0.1, 0.15) is 0 Å². The van der Waals surface area contributed by atoms with Gasteiger partial charge in [0, 0.05) is 0 Å². The third-order valence-corrected chi connectivity index (χ3v) is 2.90. The van der Waals surface area contributed by atoms with Crippen LogP contribution in [0.25, 0.3) is 0 Å². The zero-order chi connectivity index (χ0) is 15.7. The highest BCUT2D eigenvalue weighted by molar-refractivity contribution is 7.86. The first-order valence-corrected chi connectivity index (χ1v) is 8.70. The monoisotopic (exact) mass is 324 g/mol. The molecule has 0 heterocycles. The molecular formula is C10H12O8S2. The first kappa shape index (κ1) is 16.2. The van der Waals surface area contributed by atoms with E-state index in [0.29, 0.717) is 6.26 Å². The van der Waals surface area contributed by atoms with Crippen LogP contribution >= 0.6 is 0 Å². The highest BCUT2D eigenvalue weighted by Gasteiger charge is 2.23. The van der Waals surface area contributed by atoms with Gasteiger partial charge in [0.15, 0.2) is 17.3 Å². The summed E-state index contributed by atoms with van der Waals surface area (Å²) in [5.41, 5.74) is -0.232. The van der Waals surface area contributed by atoms with Gasteiger partial charge in [0.2, 0.25) is 5.75 Å². The molecule has 0 saturated heterocycles. The van der Waals surface area contributed by atoms with Crippen molar-refractivity contribution in [1.29, 1.82) is 0 Å². The summed E-state index contributed by atoms with van der Waals surface area (Å²) < 4.78 is 53.4. The smallest absolute Gasteiger partial charge is 0.306 e. The maximum atomic E-state index is 11.3. The molecule has 0 aliphatic carbocycles. The fourth-order valence-corrected chi connectivity index (χ4v) is 2.22. The maximum Gasteiger partial charge on any atom is 0.306 e. The second-order valence-electron chi connectivity index (χ2n) is 3.92. The number of rotatable bonds is 5. The summed E-state index contributed by atoms with van der Waals surface area (Å²) in [5.74, 6) is -2.68. The molecule has 1 rings (SSSR count). The molecule has 1 aromatic rings. The molecule has 1 N–H and O–H groups in total. The van der Waals surface area contributed by atoms with E-state index in [1.807, 2.05) is 0 Å². The van der Waals surface area contributed by atoms with Crippen LogP contribution in [0.1, 0.15) is 17.3 Å². The minimum Gasteiger partial charge on any atom is -0.504 e. The van der Waals surface area contributed by atoms with Crippen molar-refractivity contribution >= 4 is 26.0 Å². The third kappa shape index (κ3) is 4.38. The van der Waals surface area contributed by atoms with Crippen molar-refractivity contribution in [3.05, 3.63) is 17.7 Å². The Kier molecular flexibility index (Phi) is 4.30. The van der Waals surface area contributed by atoms with Crippen molar-refractivity contribution < 1.29 is 35.1 Å². The van der Waals surface area contributed by atoms with Crippen LogP contribution < -0.4 is 8.37 Å². The molecule has 0 aliphatic heterocycles. The van der Waals surface area contributed by atoms with Gasteiger partial charge in [-0.05, 0) is 19.1 Å². The number of carbonyl (C=O) groups is 1. The molecule has 1 aromatic carbocycles. The molecule has 0 bridgehead atoms. The molecule has 8 nitrogen and oxygen atoms in total. The fourth-order valence-electron chi connectivity index (χ4n) is 1.30. The summed E-state index contributed by atoms with van der Waals surface area (Å²) in [7, 11) is -8.04. The molecule has 10 heteroatoms. The van der Waals surface area contributed by atoms with Gasteiger partial charge in [-0.25, -0.2) is 0 Å². The average Bonchev–Trinajstić information content (AvgIpc) is 2.19. The maximum absolute atomic E-state index is 11.3. The molecule has 0 spiro atoms. The third-order valence-electron chi connectivity index (χ3n) is 1.95. The van der Waals surface area contributed by atoms with E-state index >= 15 is 0 Å². The highest BCUT2D eigenvalue weighted by atomic mass is 32.2. The van der Waals surface area contributed by atoms with E-state index in [9.17, 15) is 26.7 Å². The van der Waals surface area contributed by atoms with Crippen LogP contribution in [-0.4, -0.2) is 40.2 Å². The molecule has 0 atom stereocenters. The van der Waals surface area contributed by atoms with Crippen molar-refractivity contribution in [2.24, 2.45) is 0 Å². The van der Waals surface area contributed by atoms with E-state index in [4.69, 9.17) is 0 Å². The number of benzene rings is 1. The van der Waals surface area contributed by atoms with Crippen LogP contribution in [0.15, 0.2) is 12.1 Å². The predicted octanol–water partition coefficient (Wildman–Crippen LogP) is 0.272. The molecule has 0 aliphatic rings. The number of ketones is 1. The van der Waals surface area contributed by atoms with E-state index in [1.165, 1.54) is 0 Å². The lowest BCUT2D eigenvalue weighted by Crippen LogP contribution is -2.11. The Morgan fingerprint density at radius 1 is 1.05 bits per heavy atom. The summed E-state index contributed by atoms with van der Waals surface area (Å²) in [5, 5.41) is 9.82. The van der Waals surface area contributed by atoms with Crippen molar-refractivity contribution in [1.82, 2.24) is 0 Å². The SMILES string of the molecule is CC(=O)c1ccc(OS(C)(=O)=O)c(OS(C)(=O)=O)c1O. The Morgan fingerprint density at radius 2 is 1.55 bits per heavy atom. The average molecular weight is 324 g/mol. The van der Waals surface area contributed by atoms with Crippen LogP contribution in [-0.2, 0) is 20.2 Å². The summed E-state index contributed by atoms with van der Waals surface area (Å²) >= 11 is 0. The second kappa shape index (κ2) is 5.29. The van der Waals surface area contributed by atoms with Gasteiger partial charge >= 0.3 is 20.2 Å². The first-order chi connectivity index (χ1) is 8.91. The van der Waals surface area contributed by atoms with Gasteiger partial charge in [-0.1, -0.05) is 0 Å². The normalized spacial score (nSPS) is 11.9.